The van der Waals surface area contributed by atoms with Gasteiger partial charge in [-0.3, -0.25) is 9.36 Å². The van der Waals surface area contributed by atoms with Crippen LogP contribution in [0.5, 0.6) is 5.75 Å². The maximum atomic E-state index is 12.9. The lowest BCUT2D eigenvalue weighted by Gasteiger charge is -2.34. The molecule has 1 aliphatic heterocycles. The van der Waals surface area contributed by atoms with Gasteiger partial charge < -0.3 is 14.1 Å². The van der Waals surface area contributed by atoms with Crippen LogP contribution in [-0.2, 0) is 11.3 Å². The molecule has 2 atom stereocenters. The highest BCUT2D eigenvalue weighted by atomic mass is 32.2. The number of nitrogens with zero attached hydrogens (tertiary/aromatic N) is 4. The van der Waals surface area contributed by atoms with E-state index in [1.54, 1.807) is 13.4 Å². The Kier molecular flexibility index (Phi) is 6.65. The van der Waals surface area contributed by atoms with E-state index in [9.17, 15) is 4.79 Å². The Morgan fingerprint density at radius 1 is 1.19 bits per heavy atom. The van der Waals surface area contributed by atoms with Crippen molar-refractivity contribution in [3.05, 3.63) is 48.4 Å². The number of carbonyl (C=O) groups is 1. The molecule has 1 aliphatic rings. The number of ether oxygens (including phenoxy) is 1. The highest BCUT2D eigenvalue weighted by molar-refractivity contribution is 7.99. The second kappa shape index (κ2) is 9.60. The van der Waals surface area contributed by atoms with Crippen LogP contribution in [0.2, 0.25) is 0 Å². The Labute approximate surface area is 186 Å². The number of aromatic nitrogens is 3. The molecule has 164 valence electrons. The van der Waals surface area contributed by atoms with Crippen LogP contribution in [0.3, 0.4) is 0 Å². The number of carbonyl (C=O) groups excluding carboxylic acids is 1. The molecule has 0 spiro atoms. The number of methoxy groups -OCH3 is 1. The summed E-state index contributed by atoms with van der Waals surface area (Å²) in [6.45, 7) is 6.57. The molecule has 1 aromatic carbocycles. The van der Waals surface area contributed by atoms with Gasteiger partial charge in [0, 0.05) is 18.7 Å². The largest absolute Gasteiger partial charge is 0.497 e. The average Bonchev–Trinajstić information content (AvgIpc) is 3.42. The van der Waals surface area contributed by atoms with E-state index in [-0.39, 0.29) is 5.91 Å². The lowest BCUT2D eigenvalue weighted by Crippen LogP contribution is -2.43. The van der Waals surface area contributed by atoms with Crippen molar-refractivity contribution in [3.8, 4) is 17.1 Å². The molecule has 3 heterocycles. The van der Waals surface area contributed by atoms with Crippen LogP contribution < -0.4 is 4.74 Å². The number of hydrogen-bond acceptors (Lipinski definition) is 6. The minimum absolute atomic E-state index is 0.152. The van der Waals surface area contributed by atoms with Crippen LogP contribution >= 0.6 is 11.8 Å². The van der Waals surface area contributed by atoms with Gasteiger partial charge in [0.15, 0.2) is 11.0 Å². The first-order valence-electron chi connectivity index (χ1n) is 10.5. The first-order valence-corrected chi connectivity index (χ1v) is 11.5. The van der Waals surface area contributed by atoms with E-state index < -0.39 is 0 Å². The van der Waals surface area contributed by atoms with Crippen LogP contribution in [0.1, 0.15) is 26.0 Å². The summed E-state index contributed by atoms with van der Waals surface area (Å²) in [7, 11) is 1.64. The summed E-state index contributed by atoms with van der Waals surface area (Å²) in [5.74, 6) is 3.84. The van der Waals surface area contributed by atoms with Crippen LogP contribution in [0.25, 0.3) is 11.4 Å². The smallest absolute Gasteiger partial charge is 0.233 e. The topological polar surface area (TPSA) is 73.4 Å². The van der Waals surface area contributed by atoms with Crippen LogP contribution in [-0.4, -0.2) is 51.5 Å². The maximum Gasteiger partial charge on any atom is 0.233 e. The molecule has 0 aliphatic carbocycles. The van der Waals surface area contributed by atoms with Crippen LogP contribution in [0.4, 0.5) is 0 Å². The molecule has 1 fully saturated rings. The zero-order valence-corrected chi connectivity index (χ0v) is 19.0. The Morgan fingerprint density at radius 2 is 2.00 bits per heavy atom. The van der Waals surface area contributed by atoms with Gasteiger partial charge in [-0.05, 0) is 42.5 Å². The molecule has 31 heavy (non-hydrogen) atoms. The number of likely N-dealkylation sites (tertiary alicyclic amines) is 1. The summed E-state index contributed by atoms with van der Waals surface area (Å²) in [5, 5.41) is 9.52. The first-order chi connectivity index (χ1) is 15.0. The fourth-order valence-electron chi connectivity index (χ4n) is 4.16. The summed E-state index contributed by atoms with van der Waals surface area (Å²) < 4.78 is 12.9. The minimum Gasteiger partial charge on any atom is -0.497 e. The minimum atomic E-state index is 0.152. The molecule has 2 aromatic heterocycles. The van der Waals surface area contributed by atoms with Crippen molar-refractivity contribution in [3.63, 3.8) is 0 Å². The molecule has 0 saturated carbocycles. The van der Waals surface area contributed by atoms with Crippen molar-refractivity contribution < 1.29 is 13.9 Å². The predicted octanol–water partition coefficient (Wildman–Crippen LogP) is 4.19. The van der Waals surface area contributed by atoms with E-state index in [0.29, 0.717) is 35.1 Å². The van der Waals surface area contributed by atoms with E-state index in [4.69, 9.17) is 9.15 Å². The fourth-order valence-corrected chi connectivity index (χ4v) is 5.00. The lowest BCUT2D eigenvalue weighted by molar-refractivity contribution is -0.130. The van der Waals surface area contributed by atoms with Crippen molar-refractivity contribution in [2.45, 2.75) is 32.0 Å². The number of thioether (sulfide) groups is 1. The van der Waals surface area contributed by atoms with Crippen molar-refractivity contribution in [2.24, 2.45) is 11.8 Å². The molecular formula is C23H28N4O3S. The molecule has 8 heteroatoms. The predicted molar refractivity (Wildman–Crippen MR) is 120 cm³/mol. The third-order valence-corrected chi connectivity index (χ3v) is 6.44. The Bertz CT molecular complexity index is 1010. The van der Waals surface area contributed by atoms with Gasteiger partial charge in [0.25, 0.3) is 0 Å². The van der Waals surface area contributed by atoms with Gasteiger partial charge in [-0.2, -0.15) is 0 Å². The monoisotopic (exact) mass is 440 g/mol. The SMILES string of the molecule is COc1cccc(-c2nnc(SCC(=O)N3CC(C)CC(C)C3)n2Cc2ccco2)c1. The third kappa shape index (κ3) is 5.12. The van der Waals surface area contributed by atoms with E-state index in [2.05, 4.69) is 24.0 Å². The van der Waals surface area contributed by atoms with Crippen LogP contribution in [0.15, 0.2) is 52.2 Å². The van der Waals surface area contributed by atoms with Crippen molar-refractivity contribution >= 4 is 17.7 Å². The molecule has 7 nitrogen and oxygen atoms in total. The van der Waals surface area contributed by atoms with E-state index in [0.717, 1.165) is 30.2 Å². The lowest BCUT2D eigenvalue weighted by atomic mass is 9.92. The van der Waals surface area contributed by atoms with Crippen molar-refractivity contribution in [1.29, 1.82) is 0 Å². The van der Waals surface area contributed by atoms with E-state index in [1.807, 2.05) is 45.9 Å². The molecule has 4 rings (SSSR count). The summed E-state index contributed by atoms with van der Waals surface area (Å²) in [6, 6.07) is 11.5. The summed E-state index contributed by atoms with van der Waals surface area (Å²) in [5.41, 5.74) is 0.898. The van der Waals surface area contributed by atoms with Gasteiger partial charge in [0.05, 0.1) is 25.7 Å². The molecule has 0 radical (unpaired) electrons. The Morgan fingerprint density at radius 3 is 2.71 bits per heavy atom. The van der Waals surface area contributed by atoms with E-state index in [1.165, 1.54) is 18.2 Å². The van der Waals surface area contributed by atoms with Gasteiger partial charge in [-0.1, -0.05) is 37.7 Å². The number of amides is 1. The number of benzene rings is 1. The normalized spacial score (nSPS) is 18.9. The molecule has 0 bridgehead atoms. The van der Waals surface area contributed by atoms with E-state index >= 15 is 0 Å². The quantitative estimate of drug-likeness (QED) is 0.513. The number of rotatable bonds is 7. The molecule has 1 saturated heterocycles. The van der Waals surface area contributed by atoms with Crippen LogP contribution in [0, 0.1) is 11.8 Å². The second-order valence-corrected chi connectivity index (χ2v) is 9.18. The van der Waals surface area contributed by atoms with Crippen molar-refractivity contribution in [1.82, 2.24) is 19.7 Å². The zero-order chi connectivity index (χ0) is 21.8. The zero-order valence-electron chi connectivity index (χ0n) is 18.2. The van der Waals surface area contributed by atoms with Gasteiger partial charge in [-0.15, -0.1) is 10.2 Å². The van der Waals surface area contributed by atoms with Gasteiger partial charge in [0.1, 0.15) is 11.5 Å². The number of furan rings is 1. The molecule has 0 N–H and O–H groups in total. The highest BCUT2D eigenvalue weighted by Gasteiger charge is 2.26. The molecular weight excluding hydrogens is 412 g/mol. The number of piperidine rings is 1. The summed E-state index contributed by atoms with van der Waals surface area (Å²) >= 11 is 1.42. The van der Waals surface area contributed by atoms with Gasteiger partial charge in [-0.25, -0.2) is 0 Å². The Hall–Kier alpha value is -2.74. The van der Waals surface area contributed by atoms with Gasteiger partial charge in [0.2, 0.25) is 5.91 Å². The molecule has 1 amide bonds. The fraction of sp³-hybridized carbons (Fsp3) is 0.435. The Balaban J connectivity index is 1.55. The first kappa shape index (κ1) is 21.5. The van der Waals surface area contributed by atoms with Gasteiger partial charge >= 0.3 is 0 Å². The summed E-state index contributed by atoms with van der Waals surface area (Å²) in [6.07, 6.45) is 2.83. The number of hydrogen-bond donors (Lipinski definition) is 0. The average molecular weight is 441 g/mol. The standard InChI is InChI=1S/C23H28N4O3S/c1-16-10-17(2)13-26(12-16)21(28)15-31-23-25-24-22(18-6-4-7-19(11-18)29-3)27(23)14-20-8-5-9-30-20/h4-9,11,16-17H,10,12-15H2,1-3H3. The highest BCUT2D eigenvalue weighted by Crippen LogP contribution is 2.28. The maximum absolute atomic E-state index is 12.9. The molecule has 3 aromatic rings. The molecule has 2 unspecified atom stereocenters. The van der Waals surface area contributed by atoms with Crippen molar-refractivity contribution in [2.75, 3.05) is 26.0 Å². The third-order valence-electron chi connectivity index (χ3n) is 5.49. The second-order valence-electron chi connectivity index (χ2n) is 8.24. The summed E-state index contributed by atoms with van der Waals surface area (Å²) in [4.78, 5) is 14.9.